The van der Waals surface area contributed by atoms with E-state index in [0.29, 0.717) is 6.54 Å². The van der Waals surface area contributed by atoms with Crippen LogP contribution in [0.5, 0.6) is 0 Å². The second-order valence-electron chi connectivity index (χ2n) is 5.72. The van der Waals surface area contributed by atoms with E-state index in [0.717, 1.165) is 47.7 Å². The van der Waals surface area contributed by atoms with Gasteiger partial charge in [0.15, 0.2) is 5.96 Å². The van der Waals surface area contributed by atoms with Crippen molar-refractivity contribution in [1.29, 1.82) is 0 Å². The van der Waals surface area contributed by atoms with Crippen molar-refractivity contribution in [1.82, 2.24) is 20.6 Å². The first-order chi connectivity index (χ1) is 12.1. The van der Waals surface area contributed by atoms with Crippen LogP contribution in [0.1, 0.15) is 35.0 Å². The fraction of sp³-hybridized carbons (Fsp3) is 0.500. The van der Waals surface area contributed by atoms with Crippen molar-refractivity contribution in [3.8, 4) is 0 Å². The van der Waals surface area contributed by atoms with E-state index in [2.05, 4.69) is 56.5 Å². The van der Waals surface area contributed by atoms with Gasteiger partial charge < -0.3 is 15.5 Å². The zero-order chi connectivity index (χ0) is 18.2. The van der Waals surface area contributed by atoms with Gasteiger partial charge in [0.25, 0.3) is 0 Å². The zero-order valence-electron chi connectivity index (χ0n) is 16.2. The molecule has 0 saturated heterocycles. The van der Waals surface area contributed by atoms with E-state index < -0.39 is 0 Å². The van der Waals surface area contributed by atoms with E-state index in [-0.39, 0.29) is 24.0 Å². The van der Waals surface area contributed by atoms with Gasteiger partial charge in [0, 0.05) is 37.8 Å². The molecule has 0 aliphatic heterocycles. The molecule has 0 aromatic carbocycles. The maximum absolute atomic E-state index is 4.55. The third-order valence-electron chi connectivity index (χ3n) is 4.00. The summed E-state index contributed by atoms with van der Waals surface area (Å²) in [7, 11) is 1.78. The highest BCUT2D eigenvalue weighted by atomic mass is 127. The Hall–Kier alpha value is -1.42. The van der Waals surface area contributed by atoms with Crippen LogP contribution in [0.3, 0.4) is 0 Å². The van der Waals surface area contributed by atoms with Crippen LogP contribution >= 0.6 is 35.3 Å². The number of guanidine groups is 1. The number of thiazole rings is 1. The second-order valence-corrected chi connectivity index (χ2v) is 7.01. The van der Waals surface area contributed by atoms with Gasteiger partial charge in [-0.3, -0.25) is 4.99 Å². The molecular formula is C18H29IN6S. The number of aliphatic imine (C=N–C) groups is 1. The third-order valence-corrected chi connectivity index (χ3v) is 5.07. The Balaban J connectivity index is 0.00000338. The van der Waals surface area contributed by atoms with Crippen LogP contribution in [0, 0.1) is 13.8 Å². The number of hydrogen-bond donors (Lipinski definition) is 2. The predicted molar refractivity (Wildman–Crippen MR) is 122 cm³/mol. The number of nitrogens with zero attached hydrogens (tertiary/aromatic N) is 4. The van der Waals surface area contributed by atoms with Gasteiger partial charge in [-0.25, -0.2) is 9.97 Å². The highest BCUT2D eigenvalue weighted by molar-refractivity contribution is 14.0. The summed E-state index contributed by atoms with van der Waals surface area (Å²) in [4.78, 5) is 16.8. The second kappa shape index (κ2) is 11.3. The van der Waals surface area contributed by atoms with Gasteiger partial charge >= 0.3 is 0 Å². The molecule has 144 valence electrons. The van der Waals surface area contributed by atoms with Gasteiger partial charge in [0.05, 0.1) is 17.2 Å². The minimum absolute atomic E-state index is 0. The highest BCUT2D eigenvalue weighted by Crippen LogP contribution is 2.16. The van der Waals surface area contributed by atoms with E-state index in [4.69, 9.17) is 0 Å². The molecule has 0 bridgehead atoms. The lowest BCUT2D eigenvalue weighted by Crippen LogP contribution is -2.36. The number of aromatic nitrogens is 2. The van der Waals surface area contributed by atoms with Crippen LogP contribution in [0.4, 0.5) is 5.82 Å². The van der Waals surface area contributed by atoms with Crippen LogP contribution in [0.15, 0.2) is 23.3 Å². The van der Waals surface area contributed by atoms with Gasteiger partial charge in [-0.2, -0.15) is 0 Å². The van der Waals surface area contributed by atoms with E-state index in [9.17, 15) is 0 Å². The number of rotatable bonds is 7. The van der Waals surface area contributed by atoms with Crippen LogP contribution in [-0.2, 0) is 13.1 Å². The largest absolute Gasteiger partial charge is 0.357 e. The van der Waals surface area contributed by atoms with Gasteiger partial charge in [0.1, 0.15) is 5.82 Å². The van der Waals surface area contributed by atoms with E-state index in [1.165, 1.54) is 4.88 Å². The number of aryl methyl sites for hydroxylation is 2. The summed E-state index contributed by atoms with van der Waals surface area (Å²) in [6.07, 6.45) is 1.92. The molecule has 0 amide bonds. The fourth-order valence-corrected chi connectivity index (χ4v) is 3.44. The topological polar surface area (TPSA) is 65.4 Å². The molecule has 2 aromatic rings. The minimum Gasteiger partial charge on any atom is -0.357 e. The fourth-order valence-electron chi connectivity index (χ4n) is 2.56. The number of hydrogen-bond acceptors (Lipinski definition) is 5. The smallest absolute Gasteiger partial charge is 0.191 e. The molecule has 0 unspecified atom stereocenters. The van der Waals surface area contributed by atoms with Gasteiger partial charge in [0.2, 0.25) is 0 Å². The minimum atomic E-state index is 0. The monoisotopic (exact) mass is 488 g/mol. The summed E-state index contributed by atoms with van der Waals surface area (Å²) >= 11 is 1.72. The summed E-state index contributed by atoms with van der Waals surface area (Å²) in [6.45, 7) is 11.7. The third kappa shape index (κ3) is 6.39. The Kier molecular flexibility index (Phi) is 9.85. The summed E-state index contributed by atoms with van der Waals surface area (Å²) in [5.41, 5.74) is 2.21. The van der Waals surface area contributed by atoms with E-state index in [1.807, 2.05) is 20.0 Å². The first kappa shape index (κ1) is 22.6. The molecule has 0 saturated carbocycles. The number of halogens is 1. The van der Waals surface area contributed by atoms with Crippen molar-refractivity contribution in [2.75, 3.05) is 25.0 Å². The van der Waals surface area contributed by atoms with Crippen molar-refractivity contribution in [2.45, 2.75) is 40.8 Å². The molecule has 2 rings (SSSR count). The average molecular weight is 488 g/mol. The maximum Gasteiger partial charge on any atom is 0.191 e. The summed E-state index contributed by atoms with van der Waals surface area (Å²) < 4.78 is 0. The summed E-state index contributed by atoms with van der Waals surface area (Å²) in [5.74, 6) is 1.80. The molecule has 2 aromatic heterocycles. The predicted octanol–water partition coefficient (Wildman–Crippen LogP) is 3.48. The molecule has 26 heavy (non-hydrogen) atoms. The van der Waals surface area contributed by atoms with Crippen molar-refractivity contribution in [3.63, 3.8) is 0 Å². The van der Waals surface area contributed by atoms with E-state index in [1.54, 1.807) is 18.4 Å². The molecule has 0 atom stereocenters. The Labute approximate surface area is 177 Å². The Morgan fingerprint density at radius 2 is 1.85 bits per heavy atom. The maximum atomic E-state index is 4.55. The molecule has 6 nitrogen and oxygen atoms in total. The Morgan fingerprint density at radius 3 is 2.35 bits per heavy atom. The molecule has 0 spiro atoms. The van der Waals surface area contributed by atoms with Crippen LogP contribution in [-0.4, -0.2) is 36.1 Å². The lowest BCUT2D eigenvalue weighted by atomic mass is 10.2. The van der Waals surface area contributed by atoms with Gasteiger partial charge in [-0.15, -0.1) is 35.3 Å². The molecule has 2 heterocycles. The highest BCUT2D eigenvalue weighted by Gasteiger charge is 2.06. The first-order valence-corrected chi connectivity index (χ1v) is 9.46. The lowest BCUT2D eigenvalue weighted by molar-refractivity contribution is 0.805. The van der Waals surface area contributed by atoms with Gasteiger partial charge in [-0.05, 0) is 39.3 Å². The quantitative estimate of drug-likeness (QED) is 0.355. The van der Waals surface area contributed by atoms with Crippen molar-refractivity contribution >= 4 is 47.1 Å². The molecule has 8 heteroatoms. The number of nitrogens with one attached hydrogen (secondary N) is 2. The Bertz CT molecular complexity index is 694. The molecule has 0 fully saturated rings. The standard InChI is InChI=1S/C18H28N6S.HI/c1-6-24(7-2)17-9-8-15(10-20-17)11-21-18(19-5)22-12-16-13(3)23-14(4)25-16;/h8-10H,6-7,11-12H2,1-5H3,(H2,19,21,22);1H. The van der Waals surface area contributed by atoms with Crippen LogP contribution in [0.25, 0.3) is 0 Å². The molecule has 2 N–H and O–H groups in total. The summed E-state index contributed by atoms with van der Waals surface area (Å²) in [5, 5.41) is 7.76. The molecule has 0 radical (unpaired) electrons. The van der Waals surface area contributed by atoms with Gasteiger partial charge in [-0.1, -0.05) is 6.07 Å². The normalized spacial score (nSPS) is 11.0. The zero-order valence-corrected chi connectivity index (χ0v) is 19.3. The summed E-state index contributed by atoms with van der Waals surface area (Å²) in [6, 6.07) is 4.18. The number of anilines is 1. The average Bonchev–Trinajstić information content (AvgIpc) is 2.94. The SMILES string of the molecule is CCN(CC)c1ccc(CNC(=NC)NCc2sc(C)nc2C)cn1.I. The molecular weight excluding hydrogens is 459 g/mol. The molecule has 0 aliphatic rings. The van der Waals surface area contributed by atoms with Crippen molar-refractivity contribution in [2.24, 2.45) is 4.99 Å². The number of pyridine rings is 1. The van der Waals surface area contributed by atoms with E-state index >= 15 is 0 Å². The van der Waals surface area contributed by atoms with Crippen LogP contribution in [0.2, 0.25) is 0 Å². The van der Waals surface area contributed by atoms with Crippen molar-refractivity contribution < 1.29 is 0 Å². The first-order valence-electron chi connectivity index (χ1n) is 8.64. The Morgan fingerprint density at radius 1 is 1.15 bits per heavy atom. The lowest BCUT2D eigenvalue weighted by Gasteiger charge is -2.19. The molecule has 0 aliphatic carbocycles. The van der Waals surface area contributed by atoms with Crippen LogP contribution < -0.4 is 15.5 Å². The van der Waals surface area contributed by atoms with Crippen molar-refractivity contribution in [3.05, 3.63) is 39.5 Å².